The molecule has 0 fully saturated rings. The Bertz CT molecular complexity index is 800. The zero-order valence-corrected chi connectivity index (χ0v) is 13.5. The molecule has 0 bridgehead atoms. The van der Waals surface area contributed by atoms with Gasteiger partial charge in [0.1, 0.15) is 5.70 Å². The molecule has 0 aromatic heterocycles. The lowest BCUT2D eigenvalue weighted by atomic mass is 10.1. The van der Waals surface area contributed by atoms with Crippen LogP contribution in [0.15, 0.2) is 65.3 Å². The highest BCUT2D eigenvalue weighted by atomic mass is 35.5. The fourth-order valence-electron chi connectivity index (χ4n) is 2.15. The highest BCUT2D eigenvalue weighted by molar-refractivity contribution is 6.42. The van der Waals surface area contributed by atoms with Crippen molar-refractivity contribution < 1.29 is 19.1 Å². The second-order valence-corrected chi connectivity index (χ2v) is 5.61. The zero-order valence-electron chi connectivity index (χ0n) is 12.8. The summed E-state index contributed by atoms with van der Waals surface area (Å²) in [5.74, 6) is -1.34. The minimum absolute atomic E-state index is 0.138. The molecule has 2 aromatic rings. The molecule has 0 amide bonds. The molecule has 1 aliphatic heterocycles. The zero-order chi connectivity index (χ0) is 17.1. The van der Waals surface area contributed by atoms with Crippen molar-refractivity contribution >= 4 is 29.2 Å². The van der Waals surface area contributed by atoms with Crippen LogP contribution in [-0.2, 0) is 14.3 Å². The fourth-order valence-corrected chi connectivity index (χ4v) is 2.33. The molecule has 5 nitrogen and oxygen atoms in total. The number of ether oxygens (including phenoxy) is 2. The maximum atomic E-state index is 12.2. The highest BCUT2D eigenvalue weighted by Gasteiger charge is 2.36. The van der Waals surface area contributed by atoms with Gasteiger partial charge in [-0.2, -0.15) is 0 Å². The Labute approximate surface area is 143 Å². The van der Waals surface area contributed by atoms with Crippen molar-refractivity contribution in [1.29, 1.82) is 0 Å². The van der Waals surface area contributed by atoms with Crippen LogP contribution in [0.25, 0.3) is 0 Å². The number of rotatable bonds is 4. The summed E-state index contributed by atoms with van der Waals surface area (Å²) in [5.41, 5.74) is 2.28. The summed E-state index contributed by atoms with van der Waals surface area (Å²) in [7, 11) is 0. The summed E-state index contributed by atoms with van der Waals surface area (Å²) in [6.07, 6.45) is -1.21. The molecule has 0 radical (unpaired) electrons. The van der Waals surface area contributed by atoms with Crippen LogP contribution in [0.4, 0.5) is 5.69 Å². The van der Waals surface area contributed by atoms with E-state index in [1.165, 1.54) is 0 Å². The average Bonchev–Trinajstić information content (AvgIpc) is 2.84. The number of carbonyl (C=O) groups is 2. The largest absolute Gasteiger partial charge is 0.415 e. The predicted octanol–water partition coefficient (Wildman–Crippen LogP) is 3.60. The van der Waals surface area contributed by atoms with Crippen molar-refractivity contribution in [3.05, 3.63) is 76.5 Å². The van der Waals surface area contributed by atoms with Gasteiger partial charge in [-0.1, -0.05) is 47.5 Å². The fraction of sp³-hybridized carbons (Fsp3) is 0.111. The van der Waals surface area contributed by atoms with Crippen molar-refractivity contribution in [1.82, 2.24) is 0 Å². The Hall–Kier alpha value is -2.79. The molecule has 0 saturated heterocycles. The molecule has 1 heterocycles. The first-order valence-electron chi connectivity index (χ1n) is 7.25. The van der Waals surface area contributed by atoms with E-state index < -0.39 is 18.2 Å². The van der Waals surface area contributed by atoms with Crippen molar-refractivity contribution in [3.8, 4) is 0 Å². The number of para-hydroxylation sites is 1. The minimum atomic E-state index is -1.21. The first-order valence-corrected chi connectivity index (χ1v) is 7.63. The van der Waals surface area contributed by atoms with Gasteiger partial charge in [0, 0.05) is 5.69 Å². The Kier molecular flexibility index (Phi) is 4.53. The predicted molar refractivity (Wildman–Crippen MR) is 89.4 cm³/mol. The Morgan fingerprint density at radius 2 is 1.79 bits per heavy atom. The van der Waals surface area contributed by atoms with Gasteiger partial charge < -0.3 is 14.8 Å². The average molecular weight is 344 g/mol. The highest BCUT2D eigenvalue weighted by Crippen LogP contribution is 2.28. The molecular weight excluding hydrogens is 330 g/mol. The molecule has 1 N–H and O–H groups in total. The lowest BCUT2D eigenvalue weighted by Gasteiger charge is -2.16. The summed E-state index contributed by atoms with van der Waals surface area (Å²) >= 11 is 5.97. The quantitative estimate of drug-likeness (QED) is 0.859. The van der Waals surface area contributed by atoms with E-state index >= 15 is 0 Å². The van der Waals surface area contributed by atoms with Crippen LogP contribution < -0.4 is 5.32 Å². The molecule has 0 unspecified atom stereocenters. The summed E-state index contributed by atoms with van der Waals surface area (Å²) in [6.45, 7) is 1.91. The number of hydrogen-bond acceptors (Lipinski definition) is 5. The monoisotopic (exact) mass is 343 g/mol. The first-order chi connectivity index (χ1) is 11.5. The van der Waals surface area contributed by atoms with E-state index in [2.05, 4.69) is 5.32 Å². The SMILES string of the molecule is Cc1ccc(C(=O)O[C@@H]2OC(=O)C(Cl)=C2Nc2ccccc2)cc1. The Balaban J connectivity index is 1.78. The third kappa shape index (κ3) is 3.41. The van der Waals surface area contributed by atoms with Gasteiger partial charge in [-0.15, -0.1) is 0 Å². The number of hydrogen-bond donors (Lipinski definition) is 1. The number of esters is 2. The summed E-state index contributed by atoms with van der Waals surface area (Å²) in [4.78, 5) is 23.9. The molecule has 6 heteroatoms. The lowest BCUT2D eigenvalue weighted by molar-refractivity contribution is -0.152. The van der Waals surface area contributed by atoms with Crippen LogP contribution in [0.3, 0.4) is 0 Å². The molecule has 24 heavy (non-hydrogen) atoms. The van der Waals surface area contributed by atoms with Gasteiger partial charge in [-0.3, -0.25) is 0 Å². The van der Waals surface area contributed by atoms with Gasteiger partial charge in [0.25, 0.3) is 6.29 Å². The summed E-state index contributed by atoms with van der Waals surface area (Å²) in [6, 6.07) is 16.0. The molecule has 122 valence electrons. The minimum Gasteiger partial charge on any atom is -0.415 e. The normalized spacial score (nSPS) is 16.8. The van der Waals surface area contributed by atoms with E-state index in [-0.39, 0.29) is 10.7 Å². The number of aryl methyl sites for hydroxylation is 1. The molecule has 0 saturated carbocycles. The maximum Gasteiger partial charge on any atom is 0.355 e. The topological polar surface area (TPSA) is 64.6 Å². The third-order valence-corrected chi connectivity index (χ3v) is 3.78. The standard InChI is InChI=1S/C18H14ClNO4/c1-11-7-9-12(10-8-11)16(21)23-18-15(14(19)17(22)24-18)20-13-5-3-2-4-6-13/h2-10,18,20H,1H3/t18-/m1/s1. The van der Waals surface area contributed by atoms with E-state index in [9.17, 15) is 9.59 Å². The molecule has 1 atom stereocenters. The van der Waals surface area contributed by atoms with Gasteiger partial charge in [0.2, 0.25) is 0 Å². The molecular formula is C18H14ClNO4. The van der Waals surface area contributed by atoms with Crippen molar-refractivity contribution in [2.24, 2.45) is 0 Å². The number of anilines is 1. The van der Waals surface area contributed by atoms with Gasteiger partial charge in [0.05, 0.1) is 5.56 Å². The van der Waals surface area contributed by atoms with Gasteiger partial charge in [-0.05, 0) is 31.2 Å². The van der Waals surface area contributed by atoms with Crippen LogP contribution >= 0.6 is 11.6 Å². The Morgan fingerprint density at radius 3 is 2.46 bits per heavy atom. The molecule has 3 rings (SSSR count). The second-order valence-electron chi connectivity index (χ2n) is 5.23. The van der Waals surface area contributed by atoms with E-state index in [1.54, 1.807) is 36.4 Å². The van der Waals surface area contributed by atoms with E-state index in [0.29, 0.717) is 11.3 Å². The third-order valence-electron chi connectivity index (χ3n) is 3.42. The second kappa shape index (κ2) is 6.76. The van der Waals surface area contributed by atoms with E-state index in [4.69, 9.17) is 21.1 Å². The number of nitrogens with one attached hydrogen (secondary N) is 1. The number of carbonyl (C=O) groups excluding carboxylic acids is 2. The first kappa shape index (κ1) is 16.1. The number of benzene rings is 2. The van der Waals surface area contributed by atoms with Crippen LogP contribution in [0.5, 0.6) is 0 Å². The van der Waals surface area contributed by atoms with Crippen LogP contribution in [-0.4, -0.2) is 18.2 Å². The van der Waals surface area contributed by atoms with Gasteiger partial charge >= 0.3 is 11.9 Å². The van der Waals surface area contributed by atoms with E-state index in [0.717, 1.165) is 5.56 Å². The molecule has 0 spiro atoms. The summed E-state index contributed by atoms with van der Waals surface area (Å²) in [5, 5.41) is 2.82. The maximum absolute atomic E-state index is 12.2. The van der Waals surface area contributed by atoms with E-state index in [1.807, 2.05) is 25.1 Å². The Morgan fingerprint density at radius 1 is 1.12 bits per heavy atom. The van der Waals surface area contributed by atoms with Crippen molar-refractivity contribution in [2.75, 3.05) is 5.32 Å². The smallest absolute Gasteiger partial charge is 0.355 e. The summed E-state index contributed by atoms with van der Waals surface area (Å²) < 4.78 is 10.3. The number of cyclic esters (lactones) is 1. The van der Waals surface area contributed by atoms with Crippen molar-refractivity contribution in [2.45, 2.75) is 13.2 Å². The number of halogens is 1. The van der Waals surface area contributed by atoms with Gasteiger partial charge in [0.15, 0.2) is 5.03 Å². The molecule has 0 aliphatic carbocycles. The van der Waals surface area contributed by atoms with Crippen molar-refractivity contribution in [3.63, 3.8) is 0 Å². The molecule has 2 aromatic carbocycles. The van der Waals surface area contributed by atoms with Crippen LogP contribution in [0.1, 0.15) is 15.9 Å². The molecule has 1 aliphatic rings. The lowest BCUT2D eigenvalue weighted by Crippen LogP contribution is -2.24. The van der Waals surface area contributed by atoms with Crippen LogP contribution in [0, 0.1) is 6.92 Å². The van der Waals surface area contributed by atoms with Gasteiger partial charge in [-0.25, -0.2) is 9.59 Å². The van der Waals surface area contributed by atoms with Crippen LogP contribution in [0.2, 0.25) is 0 Å².